The third-order valence-corrected chi connectivity index (χ3v) is 2.66. The Morgan fingerprint density at radius 3 is 2.27 bits per heavy atom. The molecular formula is C11H21NO3. The highest BCUT2D eigenvalue weighted by molar-refractivity contribution is 6.01. The number of hydrogen-bond acceptors (Lipinski definition) is 2. The molecule has 0 aliphatic heterocycles. The lowest BCUT2D eigenvalue weighted by molar-refractivity contribution is -0.155. The number of rotatable bonds is 6. The maximum atomic E-state index is 11.5. The van der Waals surface area contributed by atoms with Crippen molar-refractivity contribution >= 4 is 11.9 Å². The van der Waals surface area contributed by atoms with Crippen LogP contribution in [0.3, 0.4) is 0 Å². The molecule has 0 aliphatic rings. The molecule has 1 atom stereocenters. The van der Waals surface area contributed by atoms with Gasteiger partial charge in [-0.25, -0.2) is 0 Å². The Bertz CT molecular complexity index is 238. The predicted octanol–water partition coefficient (Wildman–Crippen LogP) is 1.65. The molecule has 0 bridgehead atoms. The Kier molecular flexibility index (Phi) is 5.33. The van der Waals surface area contributed by atoms with E-state index in [0.29, 0.717) is 12.3 Å². The molecule has 0 saturated carbocycles. The van der Waals surface area contributed by atoms with E-state index >= 15 is 0 Å². The fourth-order valence-corrected chi connectivity index (χ4v) is 1.46. The summed E-state index contributed by atoms with van der Waals surface area (Å²) in [4.78, 5) is 22.5. The molecule has 0 spiro atoms. The molecule has 4 heteroatoms. The summed E-state index contributed by atoms with van der Waals surface area (Å²) in [6, 6.07) is 0. The number of carboxylic acids is 1. The Morgan fingerprint density at radius 1 is 1.40 bits per heavy atom. The number of aliphatic carboxylic acids is 1. The summed E-state index contributed by atoms with van der Waals surface area (Å²) in [5, 5.41) is 11.4. The summed E-state index contributed by atoms with van der Waals surface area (Å²) >= 11 is 0. The zero-order chi connectivity index (χ0) is 12.1. The van der Waals surface area contributed by atoms with Crippen LogP contribution >= 0.6 is 0 Å². The maximum Gasteiger partial charge on any atom is 0.318 e. The average Bonchev–Trinajstić information content (AvgIpc) is 2.15. The Morgan fingerprint density at radius 2 is 1.93 bits per heavy atom. The van der Waals surface area contributed by atoms with E-state index in [9.17, 15) is 9.59 Å². The van der Waals surface area contributed by atoms with Gasteiger partial charge in [0.25, 0.3) is 0 Å². The van der Waals surface area contributed by atoms with Gasteiger partial charge in [0.2, 0.25) is 5.91 Å². The number of carbonyl (C=O) groups is 2. The molecule has 88 valence electrons. The van der Waals surface area contributed by atoms with Gasteiger partial charge in [-0.15, -0.1) is 0 Å². The second kappa shape index (κ2) is 5.73. The fourth-order valence-electron chi connectivity index (χ4n) is 1.46. The summed E-state index contributed by atoms with van der Waals surface area (Å²) in [7, 11) is 1.46. The highest BCUT2D eigenvalue weighted by Gasteiger charge is 2.39. The molecule has 0 aliphatic carbocycles. The van der Waals surface area contributed by atoms with Crippen molar-refractivity contribution in [3.63, 3.8) is 0 Å². The van der Waals surface area contributed by atoms with Crippen LogP contribution < -0.4 is 5.32 Å². The smallest absolute Gasteiger partial charge is 0.318 e. The number of hydrogen-bond donors (Lipinski definition) is 2. The van der Waals surface area contributed by atoms with Crippen molar-refractivity contribution in [1.29, 1.82) is 0 Å². The van der Waals surface area contributed by atoms with Gasteiger partial charge in [-0.2, -0.15) is 0 Å². The first-order valence-corrected chi connectivity index (χ1v) is 5.30. The molecule has 0 fully saturated rings. The van der Waals surface area contributed by atoms with Crippen molar-refractivity contribution in [2.45, 2.75) is 40.0 Å². The normalized spacial score (nSPS) is 14.7. The van der Waals surface area contributed by atoms with Gasteiger partial charge in [-0.3, -0.25) is 9.59 Å². The SMILES string of the molecule is CNC(=O)C(C)(CCCC(C)C)C(=O)O. The molecule has 1 amide bonds. The lowest BCUT2D eigenvalue weighted by atomic mass is 9.83. The van der Waals surface area contributed by atoms with Gasteiger partial charge in [0.1, 0.15) is 5.41 Å². The first kappa shape index (κ1) is 13.9. The van der Waals surface area contributed by atoms with Crippen LogP contribution in [0.1, 0.15) is 40.0 Å². The quantitative estimate of drug-likeness (QED) is 0.662. The van der Waals surface area contributed by atoms with Crippen LogP contribution in [0.15, 0.2) is 0 Å². The predicted molar refractivity (Wildman–Crippen MR) is 58.5 cm³/mol. The van der Waals surface area contributed by atoms with E-state index in [2.05, 4.69) is 19.2 Å². The van der Waals surface area contributed by atoms with Gasteiger partial charge >= 0.3 is 5.97 Å². The Labute approximate surface area is 91.1 Å². The van der Waals surface area contributed by atoms with Crippen LogP contribution in [0, 0.1) is 11.3 Å². The molecule has 0 aromatic heterocycles. The minimum absolute atomic E-state index is 0.389. The summed E-state index contributed by atoms with van der Waals surface area (Å²) in [5.41, 5.74) is -1.29. The minimum Gasteiger partial charge on any atom is -0.480 e. The van der Waals surface area contributed by atoms with Gasteiger partial charge in [0.05, 0.1) is 0 Å². The van der Waals surface area contributed by atoms with E-state index in [1.54, 1.807) is 0 Å². The Hall–Kier alpha value is -1.06. The summed E-state index contributed by atoms with van der Waals surface area (Å²) < 4.78 is 0. The van der Waals surface area contributed by atoms with Gasteiger partial charge in [0, 0.05) is 7.05 Å². The van der Waals surface area contributed by atoms with Crippen LogP contribution in [-0.2, 0) is 9.59 Å². The van der Waals surface area contributed by atoms with Crippen molar-refractivity contribution in [2.24, 2.45) is 11.3 Å². The Balaban J connectivity index is 4.40. The van der Waals surface area contributed by atoms with Crippen molar-refractivity contribution in [3.05, 3.63) is 0 Å². The lowest BCUT2D eigenvalue weighted by Crippen LogP contribution is -2.43. The first-order chi connectivity index (χ1) is 6.84. The molecule has 0 saturated heterocycles. The third-order valence-electron chi connectivity index (χ3n) is 2.66. The molecule has 0 heterocycles. The molecule has 15 heavy (non-hydrogen) atoms. The topological polar surface area (TPSA) is 66.4 Å². The molecule has 4 nitrogen and oxygen atoms in total. The third kappa shape index (κ3) is 3.90. The second-order valence-electron chi connectivity index (χ2n) is 4.50. The summed E-state index contributed by atoms with van der Waals surface area (Å²) in [6.07, 6.45) is 2.09. The molecule has 2 N–H and O–H groups in total. The monoisotopic (exact) mass is 215 g/mol. The standard InChI is InChI=1S/C11H21NO3/c1-8(2)6-5-7-11(3,10(14)15)9(13)12-4/h8H,5-7H2,1-4H3,(H,12,13)(H,14,15). The van der Waals surface area contributed by atoms with E-state index in [1.807, 2.05) is 0 Å². The van der Waals surface area contributed by atoms with Gasteiger partial charge < -0.3 is 10.4 Å². The van der Waals surface area contributed by atoms with E-state index in [-0.39, 0.29) is 0 Å². The van der Waals surface area contributed by atoms with Gasteiger partial charge in [-0.05, 0) is 19.3 Å². The highest BCUT2D eigenvalue weighted by atomic mass is 16.4. The minimum atomic E-state index is -1.29. The maximum absolute atomic E-state index is 11.5. The molecule has 1 unspecified atom stereocenters. The zero-order valence-corrected chi connectivity index (χ0v) is 9.96. The van der Waals surface area contributed by atoms with Crippen LogP contribution in [-0.4, -0.2) is 24.0 Å². The van der Waals surface area contributed by atoms with Crippen LogP contribution in [0.25, 0.3) is 0 Å². The highest BCUT2D eigenvalue weighted by Crippen LogP contribution is 2.25. The van der Waals surface area contributed by atoms with E-state index in [4.69, 9.17) is 5.11 Å². The van der Waals surface area contributed by atoms with Crippen molar-refractivity contribution in [1.82, 2.24) is 5.32 Å². The van der Waals surface area contributed by atoms with Crippen molar-refractivity contribution < 1.29 is 14.7 Å². The van der Waals surface area contributed by atoms with Crippen LogP contribution in [0.4, 0.5) is 0 Å². The summed E-state index contributed by atoms with van der Waals surface area (Å²) in [6.45, 7) is 5.64. The molecule has 0 aromatic carbocycles. The van der Waals surface area contributed by atoms with Crippen molar-refractivity contribution in [2.75, 3.05) is 7.05 Å². The van der Waals surface area contributed by atoms with E-state index in [1.165, 1.54) is 14.0 Å². The van der Waals surface area contributed by atoms with Gasteiger partial charge in [0.15, 0.2) is 0 Å². The van der Waals surface area contributed by atoms with E-state index in [0.717, 1.165) is 12.8 Å². The summed E-state index contributed by atoms with van der Waals surface area (Å²) in [5.74, 6) is -0.933. The molecule has 0 aromatic rings. The number of carboxylic acid groups (broad SMARTS) is 1. The van der Waals surface area contributed by atoms with Crippen LogP contribution in [0.5, 0.6) is 0 Å². The number of carbonyl (C=O) groups excluding carboxylic acids is 1. The zero-order valence-electron chi connectivity index (χ0n) is 9.96. The number of nitrogens with one attached hydrogen (secondary N) is 1. The fraction of sp³-hybridized carbons (Fsp3) is 0.818. The van der Waals surface area contributed by atoms with Crippen LogP contribution in [0.2, 0.25) is 0 Å². The average molecular weight is 215 g/mol. The number of amides is 1. The molecular weight excluding hydrogens is 194 g/mol. The molecule has 0 radical (unpaired) electrons. The molecule has 0 rings (SSSR count). The van der Waals surface area contributed by atoms with Gasteiger partial charge in [-0.1, -0.05) is 26.7 Å². The largest absolute Gasteiger partial charge is 0.480 e. The first-order valence-electron chi connectivity index (χ1n) is 5.30. The lowest BCUT2D eigenvalue weighted by Gasteiger charge is -2.22. The van der Waals surface area contributed by atoms with E-state index < -0.39 is 17.3 Å². The van der Waals surface area contributed by atoms with Crippen molar-refractivity contribution in [3.8, 4) is 0 Å². The second-order valence-corrected chi connectivity index (χ2v) is 4.50.